The molecule has 1 fully saturated rings. The van der Waals surface area contributed by atoms with Crippen molar-refractivity contribution in [2.45, 2.75) is 29.9 Å². The first kappa shape index (κ1) is 35.7. The average molecular weight is 534 g/mol. The summed E-state index contributed by atoms with van der Waals surface area (Å²) in [6.07, 6.45) is -6.73. The van der Waals surface area contributed by atoms with Gasteiger partial charge in [-0.25, -0.2) is 4.79 Å². The molecule has 0 amide bonds. The fourth-order valence-electron chi connectivity index (χ4n) is 2.30. The van der Waals surface area contributed by atoms with Crippen LogP contribution in [0.15, 0.2) is 15.8 Å². The third-order valence-corrected chi connectivity index (χ3v) is 7.11. The van der Waals surface area contributed by atoms with E-state index in [-0.39, 0.29) is 88.7 Å². The van der Waals surface area contributed by atoms with E-state index < -0.39 is 68.7 Å². The zero-order valence-electron chi connectivity index (χ0n) is 17.2. The Kier molecular flexibility index (Phi) is 14.7. The topological polar surface area (TPSA) is 226 Å². The van der Waals surface area contributed by atoms with Gasteiger partial charge in [-0.05, 0) is 0 Å². The maximum Gasteiger partial charge on any atom is 1.00 e. The van der Waals surface area contributed by atoms with Crippen LogP contribution in [-0.4, -0.2) is 57.2 Å². The molecule has 166 valence electrons. The van der Waals surface area contributed by atoms with Gasteiger partial charge in [0.1, 0.15) is 18.3 Å². The van der Waals surface area contributed by atoms with Gasteiger partial charge >= 0.3 is 99.8 Å². The number of ether oxygens (including phenoxy) is 2. The van der Waals surface area contributed by atoms with Crippen LogP contribution >= 0.6 is 15.2 Å². The van der Waals surface area contributed by atoms with Gasteiger partial charge in [-0.2, -0.15) is 8.78 Å². The van der Waals surface area contributed by atoms with Gasteiger partial charge in [0.25, 0.3) is 5.56 Å². The third-order valence-electron chi connectivity index (χ3n) is 3.83. The van der Waals surface area contributed by atoms with E-state index in [0.29, 0.717) is 4.57 Å². The summed E-state index contributed by atoms with van der Waals surface area (Å²) in [4.78, 5) is 57.4. The van der Waals surface area contributed by atoms with Crippen molar-refractivity contribution in [3.63, 3.8) is 0 Å². The number of alkyl halides is 2. The Bertz CT molecular complexity index is 988. The molecule has 2 rings (SSSR count). The molecule has 5 atom stereocenters. The minimum Gasteiger partial charge on any atom is -0.806 e. The number of aromatic nitrogens is 2. The third kappa shape index (κ3) is 7.28. The number of nitrogens with one attached hydrogen (secondary N) is 1. The van der Waals surface area contributed by atoms with E-state index in [4.69, 9.17) is 4.74 Å². The molecule has 1 aromatic rings. The fraction of sp³-hybridized carbons (Fsp3) is 0.636. The summed E-state index contributed by atoms with van der Waals surface area (Å²) in [6.45, 7) is -1.43. The molecular formula is C11H13F2N2Na3O12P2. The minimum absolute atomic E-state index is 0. The Morgan fingerprint density at radius 3 is 2.19 bits per heavy atom. The summed E-state index contributed by atoms with van der Waals surface area (Å²) in [7, 11) is -12.5. The molecule has 1 saturated heterocycles. The standard InChI is InChI=1S/C11H16F2N2O12P2.3Na/c1-25-4-2-15(10(19)14-8(4)18)9-7(17)6(16)5(27-9)3-26-29(23,24)11(12,13)28(20,21)22;;;/h2,5-7,9,16-17H,3H2,1H3,(H,23,24)(H,14,18,19)(H2,20,21,22);;;/q;3*+1/p-3/t5-,6-,7-,9-;;;/m1.../s1. The molecule has 0 radical (unpaired) electrons. The van der Waals surface area contributed by atoms with Crippen LogP contribution in [0.5, 0.6) is 5.75 Å². The quantitative estimate of drug-likeness (QED) is 0.219. The summed E-state index contributed by atoms with van der Waals surface area (Å²) < 4.78 is 62.3. The van der Waals surface area contributed by atoms with Crippen LogP contribution in [0.3, 0.4) is 0 Å². The van der Waals surface area contributed by atoms with Crippen molar-refractivity contribution in [2.75, 3.05) is 13.7 Å². The molecule has 0 spiro atoms. The molecule has 14 nitrogen and oxygen atoms in total. The average Bonchev–Trinajstić information content (AvgIpc) is 2.87. The molecule has 0 aliphatic carbocycles. The minimum atomic E-state index is -6.94. The maximum atomic E-state index is 13.2. The fourth-order valence-corrected chi connectivity index (χ4v) is 4.17. The molecule has 0 aromatic carbocycles. The zero-order valence-corrected chi connectivity index (χ0v) is 25.0. The van der Waals surface area contributed by atoms with Gasteiger partial charge in [0.15, 0.2) is 6.23 Å². The molecule has 1 unspecified atom stereocenters. The molecule has 3 N–H and O–H groups in total. The largest absolute Gasteiger partial charge is 1.00 e. The number of aliphatic hydroxyl groups excluding tert-OH is 2. The zero-order chi connectivity index (χ0) is 22.4. The van der Waals surface area contributed by atoms with Crippen molar-refractivity contribution < 1.29 is 145 Å². The molecule has 1 aromatic heterocycles. The van der Waals surface area contributed by atoms with Crippen molar-refractivity contribution in [3.8, 4) is 5.75 Å². The molecule has 1 aliphatic rings. The Morgan fingerprint density at radius 1 is 1.19 bits per heavy atom. The summed E-state index contributed by atoms with van der Waals surface area (Å²) in [6, 6.07) is 0. The van der Waals surface area contributed by atoms with Gasteiger partial charge in [0.05, 0.1) is 19.9 Å². The van der Waals surface area contributed by atoms with E-state index in [9.17, 15) is 52.4 Å². The predicted octanol–water partition coefficient (Wildman–Crippen LogP) is -12.8. The molecule has 1 aliphatic heterocycles. The smallest absolute Gasteiger partial charge is 0.806 e. The summed E-state index contributed by atoms with van der Waals surface area (Å²) in [5.41, 5.74) is -2.07. The Labute approximate surface area is 244 Å². The van der Waals surface area contributed by atoms with Crippen LogP contribution in [-0.2, 0) is 18.4 Å². The monoisotopic (exact) mass is 534 g/mol. The van der Waals surface area contributed by atoms with Gasteiger partial charge in [-0.15, -0.1) is 0 Å². The number of rotatable bonds is 7. The Morgan fingerprint density at radius 2 is 1.72 bits per heavy atom. The second-order valence-corrected chi connectivity index (χ2v) is 9.43. The SMILES string of the molecule is COc1cn([C@@H]2O[C@H](COP(=O)([O-])C(F)(F)P(=O)([O-])[O-])[C@@H](O)[C@H]2O)c(=O)[nH]c1=O.[Na+].[Na+].[Na+]. The Hall–Kier alpha value is 1.52. The first-order valence-corrected chi connectivity index (χ1v) is 10.5. The van der Waals surface area contributed by atoms with Crippen LogP contribution in [0, 0.1) is 0 Å². The van der Waals surface area contributed by atoms with Gasteiger partial charge in [-0.1, -0.05) is 0 Å². The number of methoxy groups -OCH3 is 1. The molecular weight excluding hydrogens is 521 g/mol. The van der Waals surface area contributed by atoms with E-state index >= 15 is 0 Å². The maximum absolute atomic E-state index is 13.2. The van der Waals surface area contributed by atoms with Crippen molar-refractivity contribution in [1.82, 2.24) is 9.55 Å². The number of halogens is 2. The summed E-state index contributed by atoms with van der Waals surface area (Å²) in [5.74, 6) is -0.403. The second kappa shape index (κ2) is 13.2. The van der Waals surface area contributed by atoms with Gasteiger partial charge in [0, 0.05) is 7.60 Å². The number of aromatic amines is 1. The van der Waals surface area contributed by atoms with Crippen molar-refractivity contribution in [3.05, 3.63) is 27.0 Å². The van der Waals surface area contributed by atoms with Crippen molar-refractivity contribution >= 4 is 15.2 Å². The van der Waals surface area contributed by atoms with Crippen LogP contribution in [0.2, 0.25) is 0 Å². The number of nitrogens with zero attached hydrogens (tertiary/aromatic N) is 1. The van der Waals surface area contributed by atoms with E-state index in [1.54, 1.807) is 4.98 Å². The molecule has 2 heterocycles. The van der Waals surface area contributed by atoms with Crippen LogP contribution in [0.1, 0.15) is 6.23 Å². The first-order valence-electron chi connectivity index (χ1n) is 7.40. The van der Waals surface area contributed by atoms with Crippen molar-refractivity contribution in [2.24, 2.45) is 0 Å². The second-order valence-electron chi connectivity index (χ2n) is 5.71. The predicted molar refractivity (Wildman–Crippen MR) is 79.9 cm³/mol. The molecule has 32 heavy (non-hydrogen) atoms. The first-order chi connectivity index (χ1) is 13.1. The van der Waals surface area contributed by atoms with Crippen molar-refractivity contribution in [1.29, 1.82) is 0 Å². The molecule has 0 saturated carbocycles. The van der Waals surface area contributed by atoms with E-state index in [2.05, 4.69) is 9.26 Å². The summed E-state index contributed by atoms with van der Waals surface area (Å²) >= 11 is 0. The number of aliphatic hydroxyl groups is 2. The summed E-state index contributed by atoms with van der Waals surface area (Å²) in [5, 5.41) is 14.1. The van der Waals surface area contributed by atoms with Crippen LogP contribution in [0.4, 0.5) is 8.78 Å². The van der Waals surface area contributed by atoms with Crippen LogP contribution < -0.4 is 119 Å². The number of hydrogen-bond donors (Lipinski definition) is 3. The number of hydrogen-bond acceptors (Lipinski definition) is 12. The normalized spacial score (nSPS) is 25.0. The van der Waals surface area contributed by atoms with Crippen LogP contribution in [0.25, 0.3) is 0 Å². The van der Waals surface area contributed by atoms with Gasteiger partial charge in [-0.3, -0.25) is 14.3 Å². The molecule has 21 heteroatoms. The van der Waals surface area contributed by atoms with Gasteiger partial charge in [0.2, 0.25) is 13.3 Å². The van der Waals surface area contributed by atoms with E-state index in [1.807, 2.05) is 0 Å². The Balaban J connectivity index is 0. The van der Waals surface area contributed by atoms with Gasteiger partial charge < -0.3 is 48.0 Å². The van der Waals surface area contributed by atoms with E-state index in [0.717, 1.165) is 13.3 Å². The molecule has 0 bridgehead atoms. The number of H-pyrrole nitrogens is 1. The van der Waals surface area contributed by atoms with E-state index in [1.165, 1.54) is 0 Å².